The lowest BCUT2D eigenvalue weighted by Gasteiger charge is -2.37. The maximum absolute atomic E-state index is 12.1. The predicted octanol–water partition coefficient (Wildman–Crippen LogP) is 4.04. The number of nitrogens with zero attached hydrogens (tertiary/aromatic N) is 3. The Balaban J connectivity index is 1.91. The third-order valence-electron chi connectivity index (χ3n) is 5.03. The van der Waals surface area contributed by atoms with Gasteiger partial charge in [-0.15, -0.1) is 0 Å². The van der Waals surface area contributed by atoms with E-state index >= 15 is 0 Å². The molecule has 2 N–H and O–H groups in total. The summed E-state index contributed by atoms with van der Waals surface area (Å²) in [5, 5.41) is 6.34. The van der Waals surface area contributed by atoms with Gasteiger partial charge in [0.15, 0.2) is 0 Å². The summed E-state index contributed by atoms with van der Waals surface area (Å²) in [6.07, 6.45) is 5.51. The molecule has 0 spiro atoms. The number of rotatable bonds is 4. The Labute approximate surface area is 167 Å². The van der Waals surface area contributed by atoms with Crippen LogP contribution in [0.15, 0.2) is 24.5 Å². The van der Waals surface area contributed by atoms with Crippen LogP contribution in [0.3, 0.4) is 0 Å². The van der Waals surface area contributed by atoms with E-state index in [1.807, 2.05) is 13.1 Å². The smallest absolute Gasteiger partial charge is 0.251 e. The molecular formula is C22H31N5O. The highest BCUT2D eigenvalue weighted by Gasteiger charge is 2.34. The van der Waals surface area contributed by atoms with Gasteiger partial charge in [0.25, 0.3) is 5.91 Å². The molecule has 6 heteroatoms. The molecule has 0 saturated heterocycles. The quantitative estimate of drug-likeness (QED) is 0.835. The van der Waals surface area contributed by atoms with E-state index in [1.54, 1.807) is 18.3 Å². The maximum atomic E-state index is 12.1. The second kappa shape index (κ2) is 7.49. The average molecular weight is 382 g/mol. The third kappa shape index (κ3) is 4.49. The number of nitrogens with one attached hydrogen (secondary N) is 2. The van der Waals surface area contributed by atoms with E-state index in [0.717, 1.165) is 29.9 Å². The third-order valence-corrected chi connectivity index (χ3v) is 5.03. The number of carbonyl (C=O) groups excluding carboxylic acids is 1. The van der Waals surface area contributed by atoms with Gasteiger partial charge >= 0.3 is 0 Å². The van der Waals surface area contributed by atoms with Crippen molar-refractivity contribution >= 4 is 11.7 Å². The first-order valence-corrected chi connectivity index (χ1v) is 9.96. The summed E-state index contributed by atoms with van der Waals surface area (Å²) in [4.78, 5) is 26.1. The van der Waals surface area contributed by atoms with Crippen LogP contribution >= 0.6 is 0 Å². The molecule has 1 aliphatic rings. The van der Waals surface area contributed by atoms with Crippen LogP contribution in [0.1, 0.15) is 81.4 Å². The van der Waals surface area contributed by atoms with Crippen molar-refractivity contribution in [2.45, 2.75) is 65.8 Å². The van der Waals surface area contributed by atoms with Crippen LogP contribution in [-0.4, -0.2) is 27.4 Å². The van der Waals surface area contributed by atoms with Crippen molar-refractivity contribution in [3.05, 3.63) is 47.2 Å². The highest BCUT2D eigenvalue weighted by molar-refractivity contribution is 5.94. The zero-order valence-electron chi connectivity index (χ0n) is 17.8. The largest absolute Gasteiger partial charge is 0.363 e. The van der Waals surface area contributed by atoms with Crippen molar-refractivity contribution in [1.29, 1.82) is 0 Å². The Hall–Kier alpha value is -2.50. The minimum absolute atomic E-state index is 0.0600. The zero-order chi connectivity index (χ0) is 20.5. The van der Waals surface area contributed by atoms with Crippen molar-refractivity contribution < 1.29 is 4.79 Å². The van der Waals surface area contributed by atoms with Gasteiger partial charge < -0.3 is 10.6 Å². The van der Waals surface area contributed by atoms with Gasteiger partial charge in [-0.3, -0.25) is 4.79 Å². The molecule has 2 aromatic rings. The van der Waals surface area contributed by atoms with E-state index in [9.17, 15) is 4.79 Å². The van der Waals surface area contributed by atoms with Gasteiger partial charge in [-0.05, 0) is 37.3 Å². The van der Waals surface area contributed by atoms with Crippen LogP contribution < -0.4 is 10.6 Å². The number of anilines is 1. The number of carbonyl (C=O) groups is 1. The molecular weight excluding hydrogens is 350 g/mol. The molecule has 0 bridgehead atoms. The molecule has 0 aliphatic heterocycles. The van der Waals surface area contributed by atoms with Crippen LogP contribution in [0, 0.1) is 5.41 Å². The first-order chi connectivity index (χ1) is 13.1. The molecule has 0 saturated carbocycles. The second-order valence-corrected chi connectivity index (χ2v) is 9.38. The Bertz CT molecular complexity index is 869. The molecule has 2 heterocycles. The van der Waals surface area contributed by atoms with Gasteiger partial charge in [0.05, 0.1) is 6.04 Å². The highest BCUT2D eigenvalue weighted by atomic mass is 16.1. The van der Waals surface area contributed by atoms with Crippen molar-refractivity contribution in [1.82, 2.24) is 20.3 Å². The van der Waals surface area contributed by atoms with E-state index in [-0.39, 0.29) is 22.8 Å². The number of aromatic nitrogens is 3. The van der Waals surface area contributed by atoms with Gasteiger partial charge in [-0.1, -0.05) is 34.6 Å². The molecule has 1 aliphatic carbocycles. The summed E-state index contributed by atoms with van der Waals surface area (Å²) >= 11 is 0. The van der Waals surface area contributed by atoms with Crippen molar-refractivity contribution in [2.24, 2.45) is 5.41 Å². The summed E-state index contributed by atoms with van der Waals surface area (Å²) in [7, 11) is 0. The summed E-state index contributed by atoms with van der Waals surface area (Å²) in [6.45, 7) is 13.4. The lowest BCUT2D eigenvalue weighted by molar-refractivity contribution is 0.0955. The van der Waals surface area contributed by atoms with E-state index in [2.05, 4.69) is 55.2 Å². The topological polar surface area (TPSA) is 79.8 Å². The normalized spacial score (nSPS) is 18.3. The zero-order valence-corrected chi connectivity index (χ0v) is 17.8. The average Bonchev–Trinajstić information content (AvgIpc) is 2.60. The molecule has 28 heavy (non-hydrogen) atoms. The van der Waals surface area contributed by atoms with Crippen LogP contribution in [-0.2, 0) is 11.8 Å². The van der Waals surface area contributed by atoms with E-state index in [4.69, 9.17) is 4.98 Å². The standard InChI is InChI=1S/C22H31N5O/c1-7-23-19(28)14-8-9-24-18(10-14)26-16-11-22(5,6)12-17-15(16)13-25-20(27-17)21(2,3)4/h8-10,13,16H,7,11-12H2,1-6H3,(H,23,28)(H,24,26)/t16-/m1/s1. The van der Waals surface area contributed by atoms with Gasteiger partial charge in [0.2, 0.25) is 0 Å². The first kappa shape index (κ1) is 20.2. The van der Waals surface area contributed by atoms with E-state index in [0.29, 0.717) is 17.9 Å². The Morgan fingerprint density at radius 3 is 2.71 bits per heavy atom. The molecule has 150 valence electrons. The number of fused-ring (bicyclic) bond motifs is 1. The summed E-state index contributed by atoms with van der Waals surface area (Å²) in [5.74, 6) is 1.48. The fourth-order valence-electron chi connectivity index (χ4n) is 3.63. The lowest BCUT2D eigenvalue weighted by atomic mass is 9.74. The highest BCUT2D eigenvalue weighted by Crippen LogP contribution is 2.41. The van der Waals surface area contributed by atoms with Crippen molar-refractivity contribution in [3.8, 4) is 0 Å². The maximum Gasteiger partial charge on any atom is 0.251 e. The van der Waals surface area contributed by atoms with Crippen LogP contribution in [0.25, 0.3) is 0 Å². The Kier molecular flexibility index (Phi) is 5.41. The number of pyridine rings is 1. The minimum Gasteiger partial charge on any atom is -0.363 e. The summed E-state index contributed by atoms with van der Waals surface area (Å²) in [6, 6.07) is 3.59. The number of hydrogen-bond donors (Lipinski definition) is 2. The van der Waals surface area contributed by atoms with Crippen LogP contribution in [0.4, 0.5) is 5.82 Å². The molecule has 6 nitrogen and oxygen atoms in total. The number of hydrogen-bond acceptors (Lipinski definition) is 5. The van der Waals surface area contributed by atoms with Gasteiger partial charge in [-0.2, -0.15) is 0 Å². The van der Waals surface area contributed by atoms with Crippen LogP contribution in [0.2, 0.25) is 0 Å². The summed E-state index contributed by atoms with van der Waals surface area (Å²) in [5.41, 5.74) is 2.87. The SMILES string of the molecule is CCNC(=O)c1ccnc(N[C@@H]2CC(C)(C)Cc3nc(C(C)(C)C)ncc32)c1. The lowest BCUT2D eigenvalue weighted by Crippen LogP contribution is -2.32. The van der Waals surface area contributed by atoms with Gasteiger partial charge in [0.1, 0.15) is 11.6 Å². The van der Waals surface area contributed by atoms with Crippen LogP contribution in [0.5, 0.6) is 0 Å². The second-order valence-electron chi connectivity index (χ2n) is 9.38. The fraction of sp³-hybridized carbons (Fsp3) is 0.545. The first-order valence-electron chi connectivity index (χ1n) is 9.96. The van der Waals surface area contributed by atoms with Crippen molar-refractivity contribution in [2.75, 3.05) is 11.9 Å². The minimum atomic E-state index is -0.0875. The van der Waals surface area contributed by atoms with E-state index < -0.39 is 0 Å². The molecule has 2 aromatic heterocycles. The Morgan fingerprint density at radius 2 is 2.04 bits per heavy atom. The van der Waals surface area contributed by atoms with Crippen molar-refractivity contribution in [3.63, 3.8) is 0 Å². The molecule has 1 amide bonds. The molecule has 0 unspecified atom stereocenters. The monoisotopic (exact) mass is 381 g/mol. The Morgan fingerprint density at radius 1 is 1.29 bits per heavy atom. The molecule has 0 radical (unpaired) electrons. The van der Waals surface area contributed by atoms with Gasteiger partial charge in [-0.25, -0.2) is 15.0 Å². The molecule has 0 aromatic carbocycles. The molecule has 1 atom stereocenters. The molecule has 0 fully saturated rings. The number of amides is 1. The summed E-state index contributed by atoms with van der Waals surface area (Å²) < 4.78 is 0. The molecule has 3 rings (SSSR count). The fourth-order valence-corrected chi connectivity index (χ4v) is 3.63. The van der Waals surface area contributed by atoms with E-state index in [1.165, 1.54) is 0 Å². The van der Waals surface area contributed by atoms with Gasteiger partial charge in [0, 0.05) is 41.2 Å². The predicted molar refractivity (Wildman–Crippen MR) is 111 cm³/mol.